The van der Waals surface area contributed by atoms with E-state index in [-0.39, 0.29) is 41.6 Å². The molecule has 0 fully saturated rings. The van der Waals surface area contributed by atoms with Gasteiger partial charge in [0.2, 0.25) is 0 Å². The van der Waals surface area contributed by atoms with Gasteiger partial charge in [0.25, 0.3) is 0 Å². The van der Waals surface area contributed by atoms with Crippen LogP contribution in [-0.2, 0) is 17.1 Å². The number of halogens is 6. The Kier molecular flexibility index (Phi) is 9.94. The Hall–Kier alpha value is -1.48. The Morgan fingerprint density at radius 3 is 1.26 bits per heavy atom. The van der Waals surface area contributed by atoms with Crippen molar-refractivity contribution in [2.45, 2.75) is 26.2 Å². The van der Waals surface area contributed by atoms with Crippen molar-refractivity contribution in [3.63, 3.8) is 0 Å². The SMILES string of the molecule is CC(/C=C(\[O-])C(F)(F)F)=NCCN=C(C)/C=C(\[O-])C(F)(F)F.[Cu+2]. The summed E-state index contributed by atoms with van der Waals surface area (Å²) in [7, 11) is 0. The Morgan fingerprint density at radius 2 is 1.04 bits per heavy atom. The van der Waals surface area contributed by atoms with Gasteiger partial charge in [-0.05, 0) is 37.5 Å². The summed E-state index contributed by atoms with van der Waals surface area (Å²) in [4.78, 5) is 7.18. The zero-order chi connectivity index (χ0) is 17.6. The largest absolute Gasteiger partial charge is 2.00 e. The fourth-order valence-electron chi connectivity index (χ4n) is 1.09. The van der Waals surface area contributed by atoms with Crippen LogP contribution in [0.3, 0.4) is 0 Å². The Bertz CT molecular complexity index is 461. The first kappa shape index (κ1) is 23.8. The van der Waals surface area contributed by atoms with Crippen molar-refractivity contribution in [1.82, 2.24) is 0 Å². The molecule has 11 heteroatoms. The van der Waals surface area contributed by atoms with Crippen molar-refractivity contribution >= 4 is 11.4 Å². The van der Waals surface area contributed by atoms with Gasteiger partial charge in [0.1, 0.15) is 0 Å². The van der Waals surface area contributed by atoms with Gasteiger partial charge in [-0.25, -0.2) is 0 Å². The fourth-order valence-corrected chi connectivity index (χ4v) is 1.09. The first-order chi connectivity index (χ1) is 9.84. The molecule has 0 aliphatic heterocycles. The third-order valence-corrected chi connectivity index (χ3v) is 2.06. The molecule has 1 radical (unpaired) electrons. The van der Waals surface area contributed by atoms with Crippen molar-refractivity contribution in [1.29, 1.82) is 0 Å². The second kappa shape index (κ2) is 9.61. The van der Waals surface area contributed by atoms with Crippen LogP contribution in [0.1, 0.15) is 13.8 Å². The van der Waals surface area contributed by atoms with Crippen LogP contribution in [-0.4, -0.2) is 36.9 Å². The summed E-state index contributed by atoms with van der Waals surface area (Å²) in [5, 5.41) is 21.2. The molecule has 0 spiro atoms. The van der Waals surface area contributed by atoms with Crippen LogP contribution in [0.25, 0.3) is 0 Å². The summed E-state index contributed by atoms with van der Waals surface area (Å²) in [6, 6.07) is 0. The summed E-state index contributed by atoms with van der Waals surface area (Å²) in [5.74, 6) is -4.12. The van der Waals surface area contributed by atoms with Crippen LogP contribution in [0.2, 0.25) is 0 Å². The molecule has 0 aromatic heterocycles. The summed E-state index contributed by atoms with van der Waals surface area (Å²) in [6.07, 6.45) is -9.37. The number of alkyl halides is 6. The van der Waals surface area contributed by atoms with Gasteiger partial charge in [0.15, 0.2) is 0 Å². The minimum absolute atomic E-state index is 0. The van der Waals surface area contributed by atoms with Crippen LogP contribution >= 0.6 is 0 Å². The third-order valence-electron chi connectivity index (χ3n) is 2.06. The number of rotatable bonds is 5. The molecule has 0 N–H and O–H groups in total. The standard InChI is InChI=1S/C12H14F6N2O2.Cu/c1-7(5-9(21)11(13,14)15)19-3-4-20-8(2)6-10(22)12(16,17)18;/h5-6,21-22H,3-4H2,1-2H3;/q;+2/p-2/b9-5-,10-6-,19-7?,20-8?;. The fraction of sp³-hybridized carbons (Fsp3) is 0.500. The molecule has 0 aliphatic carbocycles. The molecule has 23 heavy (non-hydrogen) atoms. The molecule has 0 rings (SSSR count). The van der Waals surface area contributed by atoms with Gasteiger partial charge >= 0.3 is 29.4 Å². The average Bonchev–Trinajstić information content (AvgIpc) is 2.32. The molecular formula is C12H12CuF6N2O2. The molecular weight excluding hydrogens is 382 g/mol. The molecule has 0 atom stereocenters. The van der Waals surface area contributed by atoms with E-state index in [4.69, 9.17) is 0 Å². The maximum atomic E-state index is 11.9. The van der Waals surface area contributed by atoms with Crippen molar-refractivity contribution in [3.05, 3.63) is 23.7 Å². The van der Waals surface area contributed by atoms with Crippen molar-refractivity contribution in [2.75, 3.05) is 13.1 Å². The molecule has 0 aliphatic rings. The molecule has 0 amide bonds. The predicted molar refractivity (Wildman–Crippen MR) is 64.2 cm³/mol. The predicted octanol–water partition coefficient (Wildman–Crippen LogP) is 1.52. The third kappa shape index (κ3) is 10.8. The van der Waals surface area contributed by atoms with E-state index in [1.165, 1.54) is 13.8 Å². The minimum atomic E-state index is -4.99. The van der Waals surface area contributed by atoms with Crippen LogP contribution in [0.4, 0.5) is 26.3 Å². The molecule has 0 aromatic carbocycles. The molecule has 135 valence electrons. The Labute approximate surface area is 138 Å². The number of hydrogen-bond donors (Lipinski definition) is 0. The Morgan fingerprint density at radius 1 is 0.783 bits per heavy atom. The second-order valence-corrected chi connectivity index (χ2v) is 4.06. The van der Waals surface area contributed by atoms with E-state index in [0.29, 0.717) is 12.2 Å². The molecule has 0 heterocycles. The van der Waals surface area contributed by atoms with E-state index in [9.17, 15) is 36.6 Å². The molecule has 0 saturated heterocycles. The van der Waals surface area contributed by atoms with Crippen LogP contribution < -0.4 is 10.2 Å². The maximum absolute atomic E-state index is 11.9. The van der Waals surface area contributed by atoms with Gasteiger partial charge in [0.05, 0.1) is 13.1 Å². The summed E-state index contributed by atoms with van der Waals surface area (Å²) >= 11 is 0. The zero-order valence-electron chi connectivity index (χ0n) is 11.8. The summed E-state index contributed by atoms with van der Waals surface area (Å²) in [5.41, 5.74) is -0.379. The smallest absolute Gasteiger partial charge is 0.869 e. The quantitative estimate of drug-likeness (QED) is 0.233. The van der Waals surface area contributed by atoms with Gasteiger partial charge in [-0.1, -0.05) is 0 Å². The van der Waals surface area contributed by atoms with Gasteiger partial charge in [-0.3, -0.25) is 9.98 Å². The van der Waals surface area contributed by atoms with Crippen molar-refractivity contribution in [3.8, 4) is 0 Å². The summed E-state index contributed by atoms with van der Waals surface area (Å²) in [6.45, 7) is 2.05. The molecule has 0 unspecified atom stereocenters. The van der Waals surface area contributed by atoms with Gasteiger partial charge < -0.3 is 10.2 Å². The molecule has 0 aromatic rings. The average molecular weight is 394 g/mol. The number of nitrogens with zero attached hydrogens (tertiary/aromatic N) is 2. The van der Waals surface area contributed by atoms with E-state index < -0.39 is 23.9 Å². The molecule has 4 nitrogen and oxygen atoms in total. The van der Waals surface area contributed by atoms with E-state index in [1.54, 1.807) is 0 Å². The van der Waals surface area contributed by atoms with Gasteiger partial charge in [-0.2, -0.15) is 26.3 Å². The monoisotopic (exact) mass is 393 g/mol. The van der Waals surface area contributed by atoms with E-state index in [0.717, 1.165) is 0 Å². The Balaban J connectivity index is 0. The molecule has 0 bridgehead atoms. The second-order valence-electron chi connectivity index (χ2n) is 4.06. The van der Waals surface area contributed by atoms with Crippen LogP contribution in [0.5, 0.6) is 0 Å². The number of aliphatic imine (C=N–C) groups is 2. The maximum Gasteiger partial charge on any atom is 2.00 e. The first-order valence-electron chi connectivity index (χ1n) is 5.78. The molecule has 0 saturated carbocycles. The first-order valence-corrected chi connectivity index (χ1v) is 5.78. The van der Waals surface area contributed by atoms with Gasteiger partial charge in [-0.15, -0.1) is 0 Å². The van der Waals surface area contributed by atoms with Crippen molar-refractivity contribution in [2.24, 2.45) is 9.98 Å². The number of allylic oxidation sites excluding steroid dienone is 4. The van der Waals surface area contributed by atoms with Crippen LogP contribution in [0.15, 0.2) is 33.7 Å². The zero-order valence-corrected chi connectivity index (χ0v) is 12.8. The summed E-state index contributed by atoms with van der Waals surface area (Å²) < 4.78 is 71.6. The van der Waals surface area contributed by atoms with Gasteiger partial charge in [0, 0.05) is 11.4 Å². The van der Waals surface area contributed by atoms with Crippen LogP contribution in [0, 0.1) is 0 Å². The van der Waals surface area contributed by atoms with E-state index >= 15 is 0 Å². The minimum Gasteiger partial charge on any atom is -0.869 e. The van der Waals surface area contributed by atoms with E-state index in [1.807, 2.05) is 0 Å². The van der Waals surface area contributed by atoms with E-state index in [2.05, 4.69) is 9.98 Å². The topological polar surface area (TPSA) is 70.8 Å². The normalized spacial score (nSPS) is 15.5. The van der Waals surface area contributed by atoms with Crippen molar-refractivity contribution < 1.29 is 53.6 Å². The number of hydrogen-bond acceptors (Lipinski definition) is 4.